The monoisotopic (exact) mass is 339 g/mol. The average Bonchev–Trinajstić information content (AvgIpc) is 2.92. The summed E-state index contributed by atoms with van der Waals surface area (Å²) in [6.45, 7) is 3.58. The van der Waals surface area contributed by atoms with Gasteiger partial charge in [-0.05, 0) is 60.9 Å². The number of carbonyl (C=O) groups is 1. The molecule has 0 aliphatic carbocycles. The number of nitrogens with zero attached hydrogens (tertiary/aromatic N) is 1. The number of benzene rings is 2. The number of aliphatic hydroxyl groups excluding tert-OH is 1. The molecule has 128 valence electrons. The van der Waals surface area contributed by atoms with Crippen molar-refractivity contribution in [2.45, 2.75) is 20.0 Å². The van der Waals surface area contributed by atoms with Crippen molar-refractivity contribution in [3.8, 4) is 16.9 Å². The predicted molar refractivity (Wildman–Crippen MR) is 90.5 cm³/mol. The number of aryl methyl sites for hydroxylation is 2. The van der Waals surface area contributed by atoms with Crippen molar-refractivity contribution < 1.29 is 24.6 Å². The number of phenols is 1. The van der Waals surface area contributed by atoms with Crippen LogP contribution in [0.5, 0.6) is 5.75 Å². The number of hydrogen-bond donors (Lipinski definition) is 3. The number of carboxylic acid groups (broad SMARTS) is 1. The molecule has 3 aromatic rings. The zero-order chi connectivity index (χ0) is 18.1. The molecule has 1 heterocycles. The molecule has 3 rings (SSSR count). The molecule has 0 fully saturated rings. The second-order valence-corrected chi connectivity index (χ2v) is 5.84. The summed E-state index contributed by atoms with van der Waals surface area (Å²) < 4.78 is 5.16. The van der Waals surface area contributed by atoms with Crippen molar-refractivity contribution in [3.05, 3.63) is 70.6 Å². The maximum Gasteiger partial charge on any atom is 0.335 e. The van der Waals surface area contributed by atoms with Crippen LogP contribution in [0, 0.1) is 13.8 Å². The van der Waals surface area contributed by atoms with Crippen molar-refractivity contribution in [1.29, 1.82) is 0 Å². The lowest BCUT2D eigenvalue weighted by Gasteiger charge is -2.14. The van der Waals surface area contributed by atoms with Crippen molar-refractivity contribution >= 4 is 5.97 Å². The highest BCUT2D eigenvalue weighted by atomic mass is 16.5. The van der Waals surface area contributed by atoms with Gasteiger partial charge in [0, 0.05) is 5.56 Å². The van der Waals surface area contributed by atoms with Crippen molar-refractivity contribution in [2.24, 2.45) is 0 Å². The minimum Gasteiger partial charge on any atom is -0.508 e. The van der Waals surface area contributed by atoms with Gasteiger partial charge in [0.15, 0.2) is 0 Å². The van der Waals surface area contributed by atoms with Crippen LogP contribution in [0.15, 0.2) is 47.0 Å². The van der Waals surface area contributed by atoms with Crippen LogP contribution in [0.2, 0.25) is 0 Å². The third-order valence-electron chi connectivity index (χ3n) is 4.05. The van der Waals surface area contributed by atoms with E-state index >= 15 is 0 Å². The van der Waals surface area contributed by atoms with E-state index in [-0.39, 0.29) is 11.3 Å². The fourth-order valence-corrected chi connectivity index (χ4v) is 2.83. The molecule has 0 saturated heterocycles. The Bertz CT molecular complexity index is 908. The van der Waals surface area contributed by atoms with Gasteiger partial charge < -0.3 is 19.8 Å². The van der Waals surface area contributed by atoms with Crippen LogP contribution in [-0.4, -0.2) is 26.4 Å². The van der Waals surface area contributed by atoms with Crippen molar-refractivity contribution in [3.63, 3.8) is 0 Å². The molecule has 1 unspecified atom stereocenters. The smallest absolute Gasteiger partial charge is 0.335 e. The van der Waals surface area contributed by atoms with Gasteiger partial charge in [-0.1, -0.05) is 17.3 Å². The normalized spacial score (nSPS) is 12.1. The summed E-state index contributed by atoms with van der Waals surface area (Å²) in [7, 11) is 0. The summed E-state index contributed by atoms with van der Waals surface area (Å²) >= 11 is 0. The SMILES string of the molecule is Cc1noc(C)c1-c1cc(O)cc(C(O)c2ccc(C(=O)O)cc2)c1. The van der Waals surface area contributed by atoms with E-state index < -0.39 is 12.1 Å². The zero-order valence-electron chi connectivity index (χ0n) is 13.7. The van der Waals surface area contributed by atoms with E-state index in [1.165, 1.54) is 18.2 Å². The van der Waals surface area contributed by atoms with Gasteiger partial charge in [0.05, 0.1) is 11.3 Å². The van der Waals surface area contributed by atoms with Crippen molar-refractivity contribution in [1.82, 2.24) is 5.16 Å². The zero-order valence-corrected chi connectivity index (χ0v) is 13.7. The van der Waals surface area contributed by atoms with Crippen LogP contribution < -0.4 is 0 Å². The summed E-state index contributed by atoms with van der Waals surface area (Å²) in [4.78, 5) is 10.9. The fraction of sp³-hybridized carbons (Fsp3) is 0.158. The maximum atomic E-state index is 10.9. The first-order valence-corrected chi connectivity index (χ1v) is 7.65. The fourth-order valence-electron chi connectivity index (χ4n) is 2.83. The highest BCUT2D eigenvalue weighted by Gasteiger charge is 2.17. The van der Waals surface area contributed by atoms with E-state index in [1.54, 1.807) is 38.1 Å². The highest BCUT2D eigenvalue weighted by Crippen LogP contribution is 2.34. The first-order valence-electron chi connectivity index (χ1n) is 7.65. The largest absolute Gasteiger partial charge is 0.508 e. The standard InChI is InChI=1S/C19H17NO5/c1-10-17(11(2)25-20-10)14-7-15(9-16(21)8-14)18(22)12-3-5-13(6-4-12)19(23)24/h3-9,18,21-22H,1-2H3,(H,23,24). The van der Waals surface area contributed by atoms with Gasteiger partial charge in [0.1, 0.15) is 17.6 Å². The molecule has 0 radical (unpaired) electrons. The summed E-state index contributed by atoms with van der Waals surface area (Å²) in [5, 5.41) is 33.5. The molecule has 1 aromatic heterocycles. The number of aromatic nitrogens is 1. The van der Waals surface area contributed by atoms with E-state index in [9.17, 15) is 15.0 Å². The molecule has 0 bridgehead atoms. The van der Waals surface area contributed by atoms with Gasteiger partial charge in [0.2, 0.25) is 0 Å². The molecular formula is C19H17NO5. The molecule has 6 nitrogen and oxygen atoms in total. The molecule has 0 amide bonds. The lowest BCUT2D eigenvalue weighted by atomic mass is 9.95. The molecule has 0 aliphatic rings. The van der Waals surface area contributed by atoms with Crippen LogP contribution >= 0.6 is 0 Å². The van der Waals surface area contributed by atoms with E-state index in [0.29, 0.717) is 28.1 Å². The van der Waals surface area contributed by atoms with Gasteiger partial charge in [-0.3, -0.25) is 0 Å². The average molecular weight is 339 g/mol. The van der Waals surface area contributed by atoms with E-state index in [2.05, 4.69) is 5.16 Å². The first kappa shape index (κ1) is 16.7. The van der Waals surface area contributed by atoms with Crippen LogP contribution in [0.25, 0.3) is 11.1 Å². The Hall–Kier alpha value is -3.12. The Morgan fingerprint density at radius 1 is 1.08 bits per heavy atom. The third kappa shape index (κ3) is 3.25. The maximum absolute atomic E-state index is 10.9. The molecule has 6 heteroatoms. The van der Waals surface area contributed by atoms with Crippen LogP contribution in [-0.2, 0) is 0 Å². The van der Waals surface area contributed by atoms with E-state index in [4.69, 9.17) is 9.63 Å². The molecular weight excluding hydrogens is 322 g/mol. The molecule has 0 saturated carbocycles. The Morgan fingerprint density at radius 2 is 1.76 bits per heavy atom. The number of aromatic hydroxyl groups is 1. The topological polar surface area (TPSA) is 104 Å². The molecule has 0 spiro atoms. The third-order valence-corrected chi connectivity index (χ3v) is 4.05. The minimum absolute atomic E-state index is 0.00806. The number of aromatic carboxylic acids is 1. The van der Waals surface area contributed by atoms with Gasteiger partial charge in [-0.2, -0.15) is 0 Å². The molecule has 0 aliphatic heterocycles. The second-order valence-electron chi connectivity index (χ2n) is 5.84. The summed E-state index contributed by atoms with van der Waals surface area (Å²) in [5.74, 6) is -0.401. The molecule has 2 aromatic carbocycles. The van der Waals surface area contributed by atoms with Crippen LogP contribution in [0.4, 0.5) is 0 Å². The Balaban J connectivity index is 2.01. The van der Waals surface area contributed by atoms with Gasteiger partial charge >= 0.3 is 5.97 Å². The number of carboxylic acids is 1. The quantitative estimate of drug-likeness (QED) is 0.672. The number of aliphatic hydroxyl groups is 1. The summed E-state index contributed by atoms with van der Waals surface area (Å²) in [5.41, 5.74) is 3.30. The Morgan fingerprint density at radius 3 is 2.32 bits per heavy atom. The van der Waals surface area contributed by atoms with Gasteiger partial charge in [-0.15, -0.1) is 0 Å². The number of rotatable bonds is 4. The second kappa shape index (κ2) is 6.41. The van der Waals surface area contributed by atoms with Gasteiger partial charge in [-0.25, -0.2) is 4.79 Å². The lowest BCUT2D eigenvalue weighted by Crippen LogP contribution is -2.02. The van der Waals surface area contributed by atoms with Crippen LogP contribution in [0.1, 0.15) is 39.0 Å². The van der Waals surface area contributed by atoms with E-state index in [0.717, 1.165) is 5.56 Å². The van der Waals surface area contributed by atoms with Gasteiger partial charge in [0.25, 0.3) is 0 Å². The Labute approximate surface area is 144 Å². The predicted octanol–water partition coefficient (Wildman–Crippen LogP) is 3.44. The lowest BCUT2D eigenvalue weighted by molar-refractivity contribution is 0.0696. The number of phenolic OH excluding ortho intramolecular Hbond substituents is 1. The summed E-state index contributed by atoms with van der Waals surface area (Å²) in [6.07, 6.45) is -1.01. The van der Waals surface area contributed by atoms with Crippen molar-refractivity contribution in [2.75, 3.05) is 0 Å². The minimum atomic E-state index is -1.03. The van der Waals surface area contributed by atoms with Crippen LogP contribution in [0.3, 0.4) is 0 Å². The molecule has 3 N–H and O–H groups in total. The summed E-state index contributed by atoms with van der Waals surface area (Å²) in [6, 6.07) is 10.8. The number of hydrogen-bond acceptors (Lipinski definition) is 5. The highest BCUT2D eigenvalue weighted by molar-refractivity contribution is 5.87. The first-order chi connectivity index (χ1) is 11.9. The van der Waals surface area contributed by atoms with E-state index in [1.807, 2.05) is 0 Å². The Kier molecular flexibility index (Phi) is 4.29. The molecule has 25 heavy (non-hydrogen) atoms. The molecule has 1 atom stereocenters.